The highest BCUT2D eigenvalue weighted by Gasteiger charge is 2.22. The van der Waals surface area contributed by atoms with Crippen molar-refractivity contribution in [1.29, 1.82) is 0 Å². The summed E-state index contributed by atoms with van der Waals surface area (Å²) in [5, 5.41) is 7.90. The summed E-state index contributed by atoms with van der Waals surface area (Å²) in [5.74, 6) is -0.405. The number of rotatable bonds is 5. The molecular formula is C19H20BrN5O2. The number of hydrogen-bond acceptors (Lipinski definition) is 4. The van der Waals surface area contributed by atoms with Gasteiger partial charge in [-0.2, -0.15) is 5.10 Å². The first kappa shape index (κ1) is 19.0. The average Bonchev–Trinajstić information content (AvgIpc) is 3.06. The second-order valence-corrected chi connectivity index (χ2v) is 6.79. The number of pyridine rings is 1. The Morgan fingerprint density at radius 1 is 1.19 bits per heavy atom. The van der Waals surface area contributed by atoms with Gasteiger partial charge in [0.25, 0.3) is 11.8 Å². The highest BCUT2D eigenvalue weighted by atomic mass is 79.9. The lowest BCUT2D eigenvalue weighted by Crippen LogP contribution is -2.31. The van der Waals surface area contributed by atoms with E-state index in [4.69, 9.17) is 0 Å². The van der Waals surface area contributed by atoms with Crippen LogP contribution in [-0.2, 0) is 0 Å². The van der Waals surface area contributed by atoms with E-state index < -0.39 is 0 Å². The minimum absolute atomic E-state index is 0.123. The molecule has 0 radical (unpaired) electrons. The first-order valence-electron chi connectivity index (χ1n) is 8.66. The van der Waals surface area contributed by atoms with Gasteiger partial charge in [-0.1, -0.05) is 15.9 Å². The maximum Gasteiger partial charge on any atom is 0.274 e. The average molecular weight is 430 g/mol. The van der Waals surface area contributed by atoms with Crippen LogP contribution in [0.2, 0.25) is 0 Å². The van der Waals surface area contributed by atoms with Crippen LogP contribution in [0.1, 0.15) is 34.8 Å². The fourth-order valence-electron chi connectivity index (χ4n) is 2.91. The van der Waals surface area contributed by atoms with Crippen molar-refractivity contribution in [2.75, 3.05) is 20.1 Å². The predicted octanol–water partition coefficient (Wildman–Crippen LogP) is 3.02. The Balaban J connectivity index is 2.20. The van der Waals surface area contributed by atoms with Crippen molar-refractivity contribution in [1.82, 2.24) is 25.0 Å². The van der Waals surface area contributed by atoms with Crippen molar-refractivity contribution in [2.45, 2.75) is 13.8 Å². The number of carbonyl (C=O) groups is 2. The lowest BCUT2D eigenvalue weighted by atomic mass is 10.2. The molecule has 2 heterocycles. The smallest absolute Gasteiger partial charge is 0.274 e. The Bertz CT molecular complexity index is 1010. The molecule has 3 aromatic rings. The van der Waals surface area contributed by atoms with Gasteiger partial charge in [0.2, 0.25) is 0 Å². The molecule has 8 heteroatoms. The van der Waals surface area contributed by atoms with E-state index in [2.05, 4.69) is 31.3 Å². The van der Waals surface area contributed by atoms with E-state index in [0.717, 1.165) is 15.4 Å². The zero-order valence-corrected chi connectivity index (χ0v) is 16.9. The summed E-state index contributed by atoms with van der Waals surface area (Å²) in [6.07, 6.45) is 1.55. The van der Waals surface area contributed by atoms with Gasteiger partial charge in [0, 0.05) is 36.2 Å². The largest absolute Gasteiger partial charge is 0.354 e. The quantitative estimate of drug-likeness (QED) is 0.675. The van der Waals surface area contributed by atoms with E-state index in [9.17, 15) is 9.59 Å². The lowest BCUT2D eigenvalue weighted by molar-refractivity contribution is 0.0768. The Labute approximate surface area is 165 Å². The third-order valence-corrected chi connectivity index (χ3v) is 4.84. The standard InChI is InChI=1S/C19H20BrN5O2/c1-4-24(5-2)19(27)17-14-10-12(20)6-7-16(14)25(23-17)13-8-9-22-15(11-13)18(26)21-3/h6-11H,4-5H2,1-3H3,(H,21,26). The minimum atomic E-state index is -0.282. The van der Waals surface area contributed by atoms with Gasteiger partial charge in [0.1, 0.15) is 5.69 Å². The summed E-state index contributed by atoms with van der Waals surface area (Å²) >= 11 is 3.47. The number of nitrogens with zero attached hydrogens (tertiary/aromatic N) is 4. The van der Waals surface area contributed by atoms with Gasteiger partial charge in [-0.3, -0.25) is 14.6 Å². The highest BCUT2D eigenvalue weighted by molar-refractivity contribution is 9.10. The molecule has 140 valence electrons. The Morgan fingerprint density at radius 2 is 1.93 bits per heavy atom. The molecule has 7 nitrogen and oxygen atoms in total. The van der Waals surface area contributed by atoms with Gasteiger partial charge in [0.15, 0.2) is 5.69 Å². The second-order valence-electron chi connectivity index (χ2n) is 5.88. The van der Waals surface area contributed by atoms with Crippen molar-refractivity contribution < 1.29 is 9.59 Å². The van der Waals surface area contributed by atoms with E-state index in [0.29, 0.717) is 24.5 Å². The maximum atomic E-state index is 13.0. The SMILES string of the molecule is CCN(CC)C(=O)c1nn(-c2ccnc(C(=O)NC)c2)c2ccc(Br)cc12. The lowest BCUT2D eigenvalue weighted by Gasteiger charge is -2.17. The number of fused-ring (bicyclic) bond motifs is 1. The molecular weight excluding hydrogens is 410 g/mol. The number of carbonyl (C=O) groups excluding carboxylic acids is 2. The van der Waals surface area contributed by atoms with Gasteiger partial charge < -0.3 is 10.2 Å². The summed E-state index contributed by atoms with van der Waals surface area (Å²) < 4.78 is 2.54. The monoisotopic (exact) mass is 429 g/mol. The number of amides is 2. The van der Waals surface area contributed by atoms with E-state index in [-0.39, 0.29) is 17.5 Å². The Hall–Kier alpha value is -2.74. The summed E-state index contributed by atoms with van der Waals surface area (Å²) in [4.78, 5) is 30.7. The fourth-order valence-corrected chi connectivity index (χ4v) is 3.27. The number of nitrogens with one attached hydrogen (secondary N) is 1. The number of benzene rings is 1. The molecule has 1 N–H and O–H groups in total. The molecule has 0 aliphatic carbocycles. The van der Waals surface area contributed by atoms with Crippen LogP contribution in [-0.4, -0.2) is 51.6 Å². The predicted molar refractivity (Wildman–Crippen MR) is 107 cm³/mol. The van der Waals surface area contributed by atoms with Crippen LogP contribution in [0.5, 0.6) is 0 Å². The number of hydrogen-bond donors (Lipinski definition) is 1. The molecule has 2 amide bonds. The Kier molecular flexibility index (Phi) is 5.55. The van der Waals surface area contributed by atoms with Crippen LogP contribution in [0.25, 0.3) is 16.6 Å². The van der Waals surface area contributed by atoms with Gasteiger partial charge >= 0.3 is 0 Å². The van der Waals surface area contributed by atoms with Crippen molar-refractivity contribution in [2.24, 2.45) is 0 Å². The number of halogens is 1. The second kappa shape index (κ2) is 7.87. The molecule has 1 aromatic carbocycles. The van der Waals surface area contributed by atoms with Crippen molar-refractivity contribution in [3.63, 3.8) is 0 Å². The van der Waals surface area contributed by atoms with Crippen LogP contribution >= 0.6 is 15.9 Å². The first-order chi connectivity index (χ1) is 13.0. The van der Waals surface area contributed by atoms with Crippen LogP contribution < -0.4 is 5.32 Å². The molecule has 27 heavy (non-hydrogen) atoms. The van der Waals surface area contributed by atoms with Gasteiger partial charge in [0.05, 0.1) is 11.2 Å². The summed E-state index contributed by atoms with van der Waals surface area (Å²) in [6.45, 7) is 5.09. The van der Waals surface area contributed by atoms with E-state index >= 15 is 0 Å². The van der Waals surface area contributed by atoms with Crippen molar-refractivity contribution >= 4 is 38.6 Å². The normalized spacial score (nSPS) is 10.8. The maximum absolute atomic E-state index is 13.0. The van der Waals surface area contributed by atoms with Gasteiger partial charge in [-0.05, 0) is 44.2 Å². The van der Waals surface area contributed by atoms with Crippen molar-refractivity contribution in [3.8, 4) is 5.69 Å². The first-order valence-corrected chi connectivity index (χ1v) is 9.45. The molecule has 0 bridgehead atoms. The van der Waals surface area contributed by atoms with Crippen LogP contribution in [0.3, 0.4) is 0 Å². The fraction of sp³-hybridized carbons (Fsp3) is 0.263. The summed E-state index contributed by atoms with van der Waals surface area (Å²) in [5.41, 5.74) is 2.11. The van der Waals surface area contributed by atoms with E-state index in [1.54, 1.807) is 35.0 Å². The molecule has 0 spiro atoms. The molecule has 0 unspecified atom stereocenters. The molecule has 0 aliphatic rings. The van der Waals surface area contributed by atoms with Crippen LogP contribution in [0, 0.1) is 0 Å². The molecule has 3 rings (SSSR count). The number of aromatic nitrogens is 3. The van der Waals surface area contributed by atoms with Gasteiger partial charge in [-0.15, -0.1) is 0 Å². The third kappa shape index (κ3) is 3.57. The molecule has 0 aliphatic heterocycles. The van der Waals surface area contributed by atoms with Crippen LogP contribution in [0.4, 0.5) is 0 Å². The highest BCUT2D eigenvalue weighted by Crippen LogP contribution is 2.26. The zero-order chi connectivity index (χ0) is 19.6. The zero-order valence-electron chi connectivity index (χ0n) is 15.4. The van der Waals surface area contributed by atoms with E-state index in [1.807, 2.05) is 32.0 Å². The minimum Gasteiger partial charge on any atom is -0.354 e. The molecule has 0 saturated carbocycles. The summed E-state index contributed by atoms with van der Waals surface area (Å²) in [7, 11) is 1.55. The molecule has 0 fully saturated rings. The van der Waals surface area contributed by atoms with Crippen molar-refractivity contribution in [3.05, 3.63) is 52.4 Å². The van der Waals surface area contributed by atoms with Gasteiger partial charge in [-0.25, -0.2) is 4.68 Å². The molecule has 0 atom stereocenters. The molecule has 2 aromatic heterocycles. The van der Waals surface area contributed by atoms with E-state index in [1.165, 1.54) is 0 Å². The Morgan fingerprint density at radius 3 is 2.59 bits per heavy atom. The summed E-state index contributed by atoms with van der Waals surface area (Å²) in [6, 6.07) is 9.08. The van der Waals surface area contributed by atoms with Crippen LogP contribution in [0.15, 0.2) is 41.0 Å². The topological polar surface area (TPSA) is 80.1 Å². The molecule has 0 saturated heterocycles. The third-order valence-electron chi connectivity index (χ3n) is 4.34.